The van der Waals surface area contributed by atoms with Crippen molar-refractivity contribution in [3.05, 3.63) is 49.9 Å². The summed E-state index contributed by atoms with van der Waals surface area (Å²) in [4.78, 5) is 31.6. The number of carbonyl (C=O) groups is 2. The Morgan fingerprint density at radius 1 is 1.06 bits per heavy atom. The van der Waals surface area contributed by atoms with Gasteiger partial charge in [0.05, 0.1) is 4.88 Å². The monoisotopic (exact) mass is 479 g/mol. The summed E-state index contributed by atoms with van der Waals surface area (Å²) in [5.41, 5.74) is 0.188. The van der Waals surface area contributed by atoms with Crippen LogP contribution in [-0.2, 0) is 6.42 Å². The lowest BCUT2D eigenvalue weighted by molar-refractivity contribution is 0.0880. The van der Waals surface area contributed by atoms with Crippen molar-refractivity contribution in [2.24, 2.45) is 11.8 Å². The van der Waals surface area contributed by atoms with Crippen LogP contribution in [0.5, 0.6) is 0 Å². The maximum atomic E-state index is 12.8. The third-order valence-corrected chi connectivity index (χ3v) is 7.60. The van der Waals surface area contributed by atoms with Gasteiger partial charge in [-0.2, -0.15) is 0 Å². The molecule has 0 radical (unpaired) electrons. The van der Waals surface area contributed by atoms with E-state index >= 15 is 0 Å². The SMILES string of the molecule is O=C(NC(CNC(=O)c1ccc(CC2CC2)s1)C1CCCCC1)c1cc(Cl)cc(Cl)n1. The first-order valence-electron chi connectivity index (χ1n) is 11.0. The lowest BCUT2D eigenvalue weighted by atomic mass is 9.83. The normalized spacial score (nSPS) is 17.9. The van der Waals surface area contributed by atoms with Gasteiger partial charge in [-0.3, -0.25) is 9.59 Å². The summed E-state index contributed by atoms with van der Waals surface area (Å²) in [7, 11) is 0. The number of thiophene rings is 1. The van der Waals surface area contributed by atoms with Crippen LogP contribution >= 0.6 is 34.5 Å². The number of pyridine rings is 1. The van der Waals surface area contributed by atoms with Gasteiger partial charge in [-0.15, -0.1) is 11.3 Å². The highest BCUT2D eigenvalue weighted by Gasteiger charge is 2.27. The number of nitrogens with one attached hydrogen (secondary N) is 2. The van der Waals surface area contributed by atoms with Crippen LogP contribution in [0, 0.1) is 11.8 Å². The van der Waals surface area contributed by atoms with Gasteiger partial charge >= 0.3 is 0 Å². The third-order valence-electron chi connectivity index (χ3n) is 6.08. The Kier molecular flexibility index (Phi) is 7.51. The van der Waals surface area contributed by atoms with Gasteiger partial charge in [-0.25, -0.2) is 4.98 Å². The molecule has 2 amide bonds. The van der Waals surface area contributed by atoms with Crippen molar-refractivity contribution in [3.63, 3.8) is 0 Å². The van der Waals surface area contributed by atoms with Crippen molar-refractivity contribution in [1.82, 2.24) is 15.6 Å². The maximum Gasteiger partial charge on any atom is 0.270 e. The highest BCUT2D eigenvalue weighted by molar-refractivity contribution is 7.14. The van der Waals surface area contributed by atoms with E-state index in [0.717, 1.165) is 42.9 Å². The molecule has 2 aliphatic carbocycles. The summed E-state index contributed by atoms with van der Waals surface area (Å²) in [6.07, 6.45) is 9.25. The molecular weight excluding hydrogens is 453 g/mol. The zero-order valence-electron chi connectivity index (χ0n) is 17.3. The topological polar surface area (TPSA) is 71.1 Å². The summed E-state index contributed by atoms with van der Waals surface area (Å²) < 4.78 is 0. The van der Waals surface area contributed by atoms with Crippen LogP contribution in [0.3, 0.4) is 0 Å². The minimum Gasteiger partial charge on any atom is -0.349 e. The van der Waals surface area contributed by atoms with Gasteiger partial charge in [0, 0.05) is 22.5 Å². The maximum absolute atomic E-state index is 12.8. The number of hydrogen-bond acceptors (Lipinski definition) is 4. The van der Waals surface area contributed by atoms with E-state index < -0.39 is 0 Å². The number of rotatable bonds is 8. The summed E-state index contributed by atoms with van der Waals surface area (Å²) in [6, 6.07) is 6.81. The first-order valence-corrected chi connectivity index (χ1v) is 12.6. The van der Waals surface area contributed by atoms with Gasteiger partial charge in [0.15, 0.2) is 0 Å². The quantitative estimate of drug-likeness (QED) is 0.490. The summed E-state index contributed by atoms with van der Waals surface area (Å²) in [6.45, 7) is 0.388. The molecule has 2 fully saturated rings. The van der Waals surface area contributed by atoms with E-state index in [9.17, 15) is 9.59 Å². The van der Waals surface area contributed by atoms with E-state index in [1.807, 2.05) is 6.07 Å². The molecule has 2 aromatic rings. The van der Waals surface area contributed by atoms with Crippen LogP contribution < -0.4 is 10.6 Å². The molecule has 5 nitrogen and oxygen atoms in total. The second-order valence-corrected chi connectivity index (χ2v) is 10.6. The van der Waals surface area contributed by atoms with Crippen LogP contribution in [-0.4, -0.2) is 29.4 Å². The lowest BCUT2D eigenvalue weighted by Gasteiger charge is -2.31. The number of amides is 2. The van der Waals surface area contributed by atoms with E-state index in [-0.39, 0.29) is 28.7 Å². The van der Waals surface area contributed by atoms with Crippen LogP contribution in [0.15, 0.2) is 24.3 Å². The zero-order chi connectivity index (χ0) is 21.8. The first kappa shape index (κ1) is 22.6. The number of hydrogen-bond donors (Lipinski definition) is 2. The number of carbonyl (C=O) groups excluding carboxylic acids is 2. The van der Waals surface area contributed by atoms with Crippen LogP contribution in [0.4, 0.5) is 0 Å². The van der Waals surface area contributed by atoms with Gasteiger partial charge in [0.2, 0.25) is 0 Å². The predicted molar refractivity (Wildman–Crippen MR) is 125 cm³/mol. The number of nitrogens with zero attached hydrogens (tertiary/aromatic N) is 1. The largest absolute Gasteiger partial charge is 0.349 e. The van der Waals surface area contributed by atoms with Gasteiger partial charge in [0.25, 0.3) is 11.8 Å². The number of aromatic nitrogens is 1. The Bertz CT molecular complexity index is 918. The second-order valence-electron chi connectivity index (χ2n) is 8.59. The molecule has 2 saturated carbocycles. The first-order chi connectivity index (χ1) is 15.0. The van der Waals surface area contributed by atoms with Crippen molar-refractivity contribution in [3.8, 4) is 0 Å². The number of halogens is 2. The highest BCUT2D eigenvalue weighted by Crippen LogP contribution is 2.34. The average molecular weight is 480 g/mol. The molecule has 4 rings (SSSR count). The van der Waals surface area contributed by atoms with Gasteiger partial charge < -0.3 is 10.6 Å². The third kappa shape index (κ3) is 6.43. The fourth-order valence-corrected chi connectivity index (χ4v) is 5.71. The van der Waals surface area contributed by atoms with Crippen LogP contribution in [0.2, 0.25) is 10.2 Å². The molecule has 8 heteroatoms. The molecule has 1 atom stereocenters. The molecular formula is C23H27Cl2N3O2S. The van der Waals surface area contributed by atoms with Crippen LogP contribution in [0.1, 0.15) is 70.0 Å². The molecule has 2 aliphatic rings. The fourth-order valence-electron chi connectivity index (χ4n) is 4.20. The van der Waals surface area contributed by atoms with Crippen molar-refractivity contribution in [2.75, 3.05) is 6.54 Å². The Morgan fingerprint density at radius 3 is 2.55 bits per heavy atom. The van der Waals surface area contributed by atoms with Gasteiger partial charge in [0.1, 0.15) is 10.8 Å². The van der Waals surface area contributed by atoms with E-state index in [1.54, 1.807) is 11.3 Å². The van der Waals surface area contributed by atoms with E-state index in [1.165, 1.54) is 36.3 Å². The molecule has 0 aliphatic heterocycles. The smallest absolute Gasteiger partial charge is 0.270 e. The fraction of sp³-hybridized carbons (Fsp3) is 0.522. The molecule has 0 saturated heterocycles. The molecule has 1 unspecified atom stereocenters. The standard InChI is InChI=1S/C23H27Cl2N3O2S/c24-16-11-18(27-21(25)12-16)22(29)28-19(15-4-2-1-3-5-15)13-26-23(30)20-9-8-17(31-20)10-14-6-7-14/h8-9,11-12,14-15,19H,1-7,10,13H2,(H,26,30)(H,28,29). The van der Waals surface area contributed by atoms with Gasteiger partial charge in [-0.05, 0) is 68.2 Å². The molecule has 2 heterocycles. The predicted octanol–water partition coefficient (Wildman–Crippen LogP) is 5.51. The van der Waals surface area contributed by atoms with E-state index in [0.29, 0.717) is 17.5 Å². The summed E-state index contributed by atoms with van der Waals surface area (Å²) >= 11 is 13.6. The van der Waals surface area contributed by atoms with Crippen LogP contribution in [0.25, 0.3) is 0 Å². The van der Waals surface area contributed by atoms with Crippen molar-refractivity contribution < 1.29 is 9.59 Å². The van der Waals surface area contributed by atoms with E-state index in [4.69, 9.17) is 23.2 Å². The molecule has 0 aromatic carbocycles. The van der Waals surface area contributed by atoms with Crippen molar-refractivity contribution >= 4 is 46.4 Å². The molecule has 2 N–H and O–H groups in total. The summed E-state index contributed by atoms with van der Waals surface area (Å²) in [5, 5.41) is 6.66. The molecule has 166 valence electrons. The Hall–Kier alpha value is -1.63. The molecule has 0 spiro atoms. The Morgan fingerprint density at radius 2 is 1.84 bits per heavy atom. The van der Waals surface area contributed by atoms with Gasteiger partial charge in [-0.1, -0.05) is 42.5 Å². The van der Waals surface area contributed by atoms with Crippen molar-refractivity contribution in [2.45, 2.75) is 57.4 Å². The minimum absolute atomic E-state index is 0.0777. The lowest BCUT2D eigenvalue weighted by Crippen LogP contribution is -2.48. The highest BCUT2D eigenvalue weighted by atomic mass is 35.5. The molecule has 0 bridgehead atoms. The summed E-state index contributed by atoms with van der Waals surface area (Å²) in [5.74, 6) is 0.721. The average Bonchev–Trinajstić information content (AvgIpc) is 3.44. The Labute approximate surface area is 196 Å². The zero-order valence-corrected chi connectivity index (χ0v) is 19.7. The molecule has 2 aromatic heterocycles. The second kappa shape index (κ2) is 10.3. The van der Waals surface area contributed by atoms with Crippen molar-refractivity contribution in [1.29, 1.82) is 0 Å². The molecule has 31 heavy (non-hydrogen) atoms. The van der Waals surface area contributed by atoms with E-state index in [2.05, 4.69) is 21.7 Å². The Balaban J connectivity index is 1.40. The minimum atomic E-state index is -0.322.